The van der Waals surface area contributed by atoms with Crippen LogP contribution in [0.25, 0.3) is 0 Å². The number of unbranched alkanes of at least 4 members (excludes halogenated alkanes) is 15. The van der Waals surface area contributed by atoms with Gasteiger partial charge in [0.05, 0.1) is 0 Å². The molecule has 0 amide bonds. The van der Waals surface area contributed by atoms with Crippen LogP contribution in [0.2, 0.25) is 0 Å². The minimum absolute atomic E-state index is 0.851. The molecule has 1 nitrogen and oxygen atoms in total. The van der Waals surface area contributed by atoms with Gasteiger partial charge in [-0.1, -0.05) is 128 Å². The second-order valence-electron chi connectivity index (χ2n) is 11.2. The second-order valence-corrected chi connectivity index (χ2v) is 11.2. The summed E-state index contributed by atoms with van der Waals surface area (Å²) < 4.78 is 0. The quantitative estimate of drug-likeness (QED) is 0.0925. The van der Waals surface area contributed by atoms with E-state index < -0.39 is 0 Å². The maximum absolute atomic E-state index is 5.66. The Morgan fingerprint density at radius 2 is 0.944 bits per heavy atom. The van der Waals surface area contributed by atoms with Crippen LogP contribution in [-0.2, 0) is 0 Å². The average molecular weight is 502 g/mol. The van der Waals surface area contributed by atoms with Crippen molar-refractivity contribution < 1.29 is 0 Å². The Kier molecular flexibility index (Phi) is 26.6. The number of allylic oxidation sites excluding steroid dienone is 6. The molecule has 0 rings (SSSR count). The van der Waals surface area contributed by atoms with E-state index in [1.165, 1.54) is 148 Å². The SMILES string of the molecule is C\C=C/C(CCCCCC)=C(CCCC)\C(CCCCCCCCC)=C(/C)CCCCCCCCN. The summed E-state index contributed by atoms with van der Waals surface area (Å²) in [6.45, 7) is 12.5. The van der Waals surface area contributed by atoms with Crippen LogP contribution in [0.3, 0.4) is 0 Å². The lowest BCUT2D eigenvalue weighted by Crippen LogP contribution is -2.01. The molecule has 0 saturated heterocycles. The molecule has 0 aromatic carbocycles. The van der Waals surface area contributed by atoms with Crippen molar-refractivity contribution in [3.63, 3.8) is 0 Å². The summed E-state index contributed by atoms with van der Waals surface area (Å²) in [6.07, 6.45) is 35.6. The number of nitrogens with two attached hydrogens (primary N) is 1. The highest BCUT2D eigenvalue weighted by atomic mass is 14.5. The predicted molar refractivity (Wildman–Crippen MR) is 167 cm³/mol. The third-order valence-corrected chi connectivity index (χ3v) is 7.75. The summed E-state index contributed by atoms with van der Waals surface area (Å²) in [4.78, 5) is 0. The highest BCUT2D eigenvalue weighted by Crippen LogP contribution is 2.33. The molecule has 0 atom stereocenters. The lowest BCUT2D eigenvalue weighted by Gasteiger charge is -2.21. The van der Waals surface area contributed by atoms with E-state index in [-0.39, 0.29) is 0 Å². The van der Waals surface area contributed by atoms with E-state index >= 15 is 0 Å². The van der Waals surface area contributed by atoms with E-state index in [0.29, 0.717) is 0 Å². The maximum atomic E-state index is 5.66. The number of hydrogen-bond acceptors (Lipinski definition) is 1. The second kappa shape index (κ2) is 27.2. The zero-order valence-electron chi connectivity index (χ0n) is 25.7. The van der Waals surface area contributed by atoms with E-state index in [0.717, 1.165) is 6.54 Å². The summed E-state index contributed by atoms with van der Waals surface area (Å²) in [5.41, 5.74) is 12.5. The molecule has 0 aliphatic heterocycles. The van der Waals surface area contributed by atoms with Gasteiger partial charge < -0.3 is 5.73 Å². The summed E-state index contributed by atoms with van der Waals surface area (Å²) in [5, 5.41) is 0. The van der Waals surface area contributed by atoms with Gasteiger partial charge in [-0.05, 0) is 94.9 Å². The topological polar surface area (TPSA) is 26.0 Å². The smallest absolute Gasteiger partial charge is 0.00773 e. The molecule has 0 aromatic rings. The minimum Gasteiger partial charge on any atom is -0.330 e. The van der Waals surface area contributed by atoms with Crippen LogP contribution in [0.4, 0.5) is 0 Å². The molecule has 0 fully saturated rings. The standard InChI is InChI=1S/C35H67N/c1-6-10-13-15-16-20-24-30-34(32(5)27-22-19-17-18-21-25-31-36)35(29-12-8-3)33(26-9-4)28-23-14-11-7-2/h9,26H,6-8,10-25,27-31,36H2,1-5H3/b26-9-,34-32+,35-33+. The van der Waals surface area contributed by atoms with Gasteiger partial charge in [0.25, 0.3) is 0 Å². The molecule has 0 unspecified atom stereocenters. The summed E-state index contributed by atoms with van der Waals surface area (Å²) in [7, 11) is 0. The van der Waals surface area contributed by atoms with Crippen LogP contribution in [0.15, 0.2) is 34.4 Å². The molecule has 0 aromatic heterocycles. The van der Waals surface area contributed by atoms with E-state index in [2.05, 4.69) is 46.8 Å². The first-order valence-corrected chi connectivity index (χ1v) is 16.4. The Balaban J connectivity index is 5.53. The van der Waals surface area contributed by atoms with Crippen molar-refractivity contribution in [2.75, 3.05) is 6.54 Å². The Morgan fingerprint density at radius 3 is 1.50 bits per heavy atom. The summed E-state index contributed by atoms with van der Waals surface area (Å²) in [6, 6.07) is 0. The highest BCUT2D eigenvalue weighted by Gasteiger charge is 2.14. The Labute approximate surface area is 228 Å². The fraction of sp³-hybridized carbons (Fsp3) is 0.829. The molecule has 2 N–H and O–H groups in total. The average Bonchev–Trinajstić information content (AvgIpc) is 2.88. The van der Waals surface area contributed by atoms with Crippen molar-refractivity contribution in [3.05, 3.63) is 34.4 Å². The van der Waals surface area contributed by atoms with Crippen LogP contribution >= 0.6 is 0 Å². The molecule has 0 radical (unpaired) electrons. The number of rotatable bonds is 26. The van der Waals surface area contributed by atoms with Crippen LogP contribution in [0.5, 0.6) is 0 Å². The van der Waals surface area contributed by atoms with Gasteiger partial charge in [-0.25, -0.2) is 0 Å². The summed E-state index contributed by atoms with van der Waals surface area (Å²) >= 11 is 0. The zero-order valence-corrected chi connectivity index (χ0v) is 25.7. The van der Waals surface area contributed by atoms with Crippen LogP contribution < -0.4 is 5.73 Å². The molecule has 0 aliphatic carbocycles. The molecule has 212 valence electrons. The fourth-order valence-corrected chi connectivity index (χ4v) is 5.41. The molecule has 0 bridgehead atoms. The minimum atomic E-state index is 0.851. The van der Waals surface area contributed by atoms with Gasteiger partial charge in [0, 0.05) is 0 Å². The fourth-order valence-electron chi connectivity index (χ4n) is 5.41. The molecule has 0 saturated carbocycles. The molecule has 0 aliphatic rings. The monoisotopic (exact) mass is 502 g/mol. The Bertz CT molecular complexity index is 565. The largest absolute Gasteiger partial charge is 0.330 e. The van der Waals surface area contributed by atoms with E-state index in [1.807, 2.05) is 0 Å². The third-order valence-electron chi connectivity index (χ3n) is 7.75. The molecule has 0 heterocycles. The first-order chi connectivity index (χ1) is 17.7. The lowest BCUT2D eigenvalue weighted by atomic mass is 9.85. The van der Waals surface area contributed by atoms with Gasteiger partial charge in [0.2, 0.25) is 0 Å². The summed E-state index contributed by atoms with van der Waals surface area (Å²) in [5.74, 6) is 0. The molecule has 0 spiro atoms. The van der Waals surface area contributed by atoms with E-state index in [4.69, 9.17) is 5.73 Å². The van der Waals surface area contributed by atoms with E-state index in [9.17, 15) is 0 Å². The van der Waals surface area contributed by atoms with Crippen LogP contribution in [-0.4, -0.2) is 6.54 Å². The molecule has 1 heteroatoms. The predicted octanol–water partition coefficient (Wildman–Crippen LogP) is 12.2. The Hall–Kier alpha value is -0.820. The van der Waals surface area contributed by atoms with Gasteiger partial charge in [-0.2, -0.15) is 0 Å². The lowest BCUT2D eigenvalue weighted by molar-refractivity contribution is 0.583. The van der Waals surface area contributed by atoms with Crippen LogP contribution in [0.1, 0.15) is 182 Å². The zero-order chi connectivity index (χ0) is 26.7. The van der Waals surface area contributed by atoms with Crippen molar-refractivity contribution in [1.82, 2.24) is 0 Å². The van der Waals surface area contributed by atoms with Gasteiger partial charge >= 0.3 is 0 Å². The van der Waals surface area contributed by atoms with Gasteiger partial charge in [0.15, 0.2) is 0 Å². The van der Waals surface area contributed by atoms with Crippen molar-refractivity contribution in [2.45, 2.75) is 182 Å². The van der Waals surface area contributed by atoms with E-state index in [1.54, 1.807) is 22.3 Å². The molecular weight excluding hydrogens is 434 g/mol. The Morgan fingerprint density at radius 1 is 0.500 bits per heavy atom. The van der Waals surface area contributed by atoms with Crippen LogP contribution in [0, 0.1) is 0 Å². The number of hydrogen-bond donors (Lipinski definition) is 1. The van der Waals surface area contributed by atoms with Crippen molar-refractivity contribution in [1.29, 1.82) is 0 Å². The van der Waals surface area contributed by atoms with Crippen molar-refractivity contribution in [2.24, 2.45) is 5.73 Å². The first-order valence-electron chi connectivity index (χ1n) is 16.4. The normalized spacial score (nSPS) is 13.4. The maximum Gasteiger partial charge on any atom is -0.00773 e. The highest BCUT2D eigenvalue weighted by molar-refractivity contribution is 5.42. The molecular formula is C35H67N. The third kappa shape index (κ3) is 19.3. The van der Waals surface area contributed by atoms with Gasteiger partial charge in [-0.15, -0.1) is 0 Å². The van der Waals surface area contributed by atoms with Gasteiger partial charge in [-0.3, -0.25) is 0 Å². The van der Waals surface area contributed by atoms with Crippen molar-refractivity contribution >= 4 is 0 Å². The molecule has 36 heavy (non-hydrogen) atoms. The van der Waals surface area contributed by atoms with Gasteiger partial charge in [0.1, 0.15) is 0 Å². The van der Waals surface area contributed by atoms with Crippen molar-refractivity contribution in [3.8, 4) is 0 Å². The first kappa shape index (κ1) is 35.2.